The van der Waals surface area contributed by atoms with Crippen LogP contribution in [0.4, 0.5) is 0 Å². The topological polar surface area (TPSA) is 74.7 Å². The molecule has 0 saturated heterocycles. The Kier molecular flexibility index (Phi) is 5.64. The number of amides is 1. The number of benzene rings is 2. The van der Waals surface area contributed by atoms with Crippen LogP contribution in [0.25, 0.3) is 5.57 Å². The van der Waals surface area contributed by atoms with Gasteiger partial charge in [0.25, 0.3) is 0 Å². The zero-order valence-electron chi connectivity index (χ0n) is 16.6. The summed E-state index contributed by atoms with van der Waals surface area (Å²) in [5, 5.41) is 9.93. The maximum absolute atomic E-state index is 13.6. The predicted octanol–water partition coefficient (Wildman–Crippen LogP) is 4.45. The lowest BCUT2D eigenvalue weighted by Gasteiger charge is -2.35. The average Bonchev–Trinajstić information content (AvgIpc) is 3.26. The zero-order chi connectivity index (χ0) is 21.4. The van der Waals surface area contributed by atoms with E-state index < -0.39 is 14.6 Å². The van der Waals surface area contributed by atoms with Crippen molar-refractivity contribution in [1.82, 2.24) is 4.90 Å². The van der Waals surface area contributed by atoms with Crippen LogP contribution >= 0.6 is 11.6 Å². The quantitative estimate of drug-likeness (QED) is 0.754. The van der Waals surface area contributed by atoms with E-state index in [2.05, 4.69) is 0 Å². The number of hydrogen-bond donors (Lipinski definition) is 1. The van der Waals surface area contributed by atoms with Crippen molar-refractivity contribution >= 4 is 32.9 Å². The van der Waals surface area contributed by atoms with Gasteiger partial charge in [0.2, 0.25) is 5.91 Å². The summed E-state index contributed by atoms with van der Waals surface area (Å²) >= 11 is 5.92. The van der Waals surface area contributed by atoms with Crippen LogP contribution in [0.3, 0.4) is 0 Å². The molecule has 0 unspecified atom stereocenters. The Morgan fingerprint density at radius 3 is 2.20 bits per heavy atom. The van der Waals surface area contributed by atoms with E-state index in [1.807, 2.05) is 18.2 Å². The number of hydrogen-bond acceptors (Lipinski definition) is 4. The van der Waals surface area contributed by atoms with Gasteiger partial charge >= 0.3 is 0 Å². The molecule has 1 amide bonds. The summed E-state index contributed by atoms with van der Waals surface area (Å²) in [5.41, 5.74) is 2.10. The third kappa shape index (κ3) is 3.63. The van der Waals surface area contributed by atoms with Gasteiger partial charge in [0.1, 0.15) is 5.75 Å². The molecule has 2 aromatic rings. The van der Waals surface area contributed by atoms with Crippen LogP contribution in [0.2, 0.25) is 5.02 Å². The molecule has 0 bridgehead atoms. The van der Waals surface area contributed by atoms with E-state index in [-0.39, 0.29) is 16.6 Å². The Morgan fingerprint density at radius 1 is 1.00 bits per heavy atom. The van der Waals surface area contributed by atoms with Crippen molar-refractivity contribution in [3.63, 3.8) is 0 Å². The molecule has 1 aliphatic heterocycles. The minimum atomic E-state index is -3.83. The highest BCUT2D eigenvalue weighted by Crippen LogP contribution is 2.42. The molecule has 1 saturated carbocycles. The molecule has 0 atom stereocenters. The van der Waals surface area contributed by atoms with Crippen molar-refractivity contribution in [3.05, 3.63) is 65.2 Å². The molecule has 158 valence electrons. The lowest BCUT2D eigenvalue weighted by Crippen LogP contribution is -2.53. The molecular weight excluding hydrogens is 422 g/mol. The number of sulfone groups is 1. The summed E-state index contributed by atoms with van der Waals surface area (Å²) in [7, 11) is -3.83. The van der Waals surface area contributed by atoms with E-state index in [9.17, 15) is 18.3 Å². The molecule has 0 aromatic heterocycles. The second-order valence-corrected chi connectivity index (χ2v) is 10.6. The molecule has 0 spiro atoms. The Hall–Kier alpha value is -2.31. The summed E-state index contributed by atoms with van der Waals surface area (Å²) in [6, 6.07) is 13.1. The SMILES string of the molecule is O=C(N1CC=C(c2ccc(O)cc2)CC1)C1(S(=O)(=O)c2ccc(Cl)cc2)CCCC1. The molecule has 5 nitrogen and oxygen atoms in total. The number of aromatic hydroxyl groups is 1. The van der Waals surface area contributed by atoms with Crippen LogP contribution in [0, 0.1) is 0 Å². The second-order valence-electron chi connectivity index (χ2n) is 7.94. The number of carbonyl (C=O) groups is 1. The predicted molar refractivity (Wildman–Crippen MR) is 117 cm³/mol. The van der Waals surface area contributed by atoms with E-state index in [1.54, 1.807) is 29.2 Å². The summed E-state index contributed by atoms with van der Waals surface area (Å²) in [4.78, 5) is 15.4. The summed E-state index contributed by atoms with van der Waals surface area (Å²) < 4.78 is 25.7. The number of phenolic OH excluding ortho intramolecular Hbond substituents is 1. The minimum absolute atomic E-state index is 0.152. The van der Waals surface area contributed by atoms with Crippen LogP contribution < -0.4 is 0 Å². The van der Waals surface area contributed by atoms with Gasteiger partial charge in [-0.05, 0) is 66.8 Å². The van der Waals surface area contributed by atoms with Gasteiger partial charge in [0.05, 0.1) is 4.90 Å². The lowest BCUT2D eigenvalue weighted by molar-refractivity contribution is -0.133. The number of halogens is 1. The maximum atomic E-state index is 13.6. The minimum Gasteiger partial charge on any atom is -0.508 e. The molecule has 2 aliphatic rings. The molecule has 0 radical (unpaired) electrons. The van der Waals surface area contributed by atoms with Crippen LogP contribution in [0.1, 0.15) is 37.7 Å². The lowest BCUT2D eigenvalue weighted by atomic mass is 9.97. The molecule has 1 heterocycles. The van der Waals surface area contributed by atoms with Crippen LogP contribution in [0.5, 0.6) is 5.75 Å². The van der Waals surface area contributed by atoms with Gasteiger partial charge in [0.15, 0.2) is 14.6 Å². The molecule has 1 aliphatic carbocycles. The fourth-order valence-corrected chi connectivity index (χ4v) is 6.72. The second kappa shape index (κ2) is 8.08. The summed E-state index contributed by atoms with van der Waals surface area (Å²) in [5.74, 6) is -0.0847. The van der Waals surface area contributed by atoms with Crippen LogP contribution in [0.15, 0.2) is 59.5 Å². The molecule has 7 heteroatoms. The highest BCUT2D eigenvalue weighted by Gasteiger charge is 2.54. The first kappa shape index (κ1) is 20.9. The fraction of sp³-hybridized carbons (Fsp3) is 0.348. The van der Waals surface area contributed by atoms with Crippen molar-refractivity contribution in [2.45, 2.75) is 41.7 Å². The van der Waals surface area contributed by atoms with E-state index in [1.165, 1.54) is 12.1 Å². The van der Waals surface area contributed by atoms with Crippen molar-refractivity contribution in [1.29, 1.82) is 0 Å². The average molecular weight is 446 g/mol. The molecule has 4 rings (SSSR count). The monoisotopic (exact) mass is 445 g/mol. The smallest absolute Gasteiger partial charge is 0.244 e. The van der Waals surface area contributed by atoms with E-state index in [0.29, 0.717) is 37.4 Å². The number of phenols is 1. The van der Waals surface area contributed by atoms with Gasteiger partial charge in [-0.1, -0.05) is 42.7 Å². The van der Waals surface area contributed by atoms with Gasteiger partial charge in [-0.3, -0.25) is 4.79 Å². The highest BCUT2D eigenvalue weighted by molar-refractivity contribution is 7.93. The Labute approximate surface area is 181 Å². The van der Waals surface area contributed by atoms with Crippen LogP contribution in [-0.4, -0.2) is 42.2 Å². The van der Waals surface area contributed by atoms with E-state index >= 15 is 0 Å². The van der Waals surface area contributed by atoms with Crippen molar-refractivity contribution in [2.75, 3.05) is 13.1 Å². The third-order valence-electron chi connectivity index (χ3n) is 6.17. The number of carbonyl (C=O) groups excluding carboxylic acids is 1. The van der Waals surface area contributed by atoms with Gasteiger partial charge in [-0.2, -0.15) is 0 Å². The third-order valence-corrected chi connectivity index (χ3v) is 8.93. The van der Waals surface area contributed by atoms with Gasteiger partial charge in [0, 0.05) is 18.1 Å². The molecule has 30 heavy (non-hydrogen) atoms. The van der Waals surface area contributed by atoms with E-state index in [4.69, 9.17) is 11.6 Å². The maximum Gasteiger partial charge on any atom is 0.244 e. The van der Waals surface area contributed by atoms with E-state index in [0.717, 1.165) is 24.0 Å². The largest absolute Gasteiger partial charge is 0.508 e. The molecule has 1 N–H and O–H groups in total. The molecule has 1 fully saturated rings. The Bertz CT molecular complexity index is 1070. The first-order chi connectivity index (χ1) is 14.3. The number of rotatable bonds is 4. The summed E-state index contributed by atoms with van der Waals surface area (Å²) in [6.07, 6.45) is 4.77. The van der Waals surface area contributed by atoms with Crippen LogP contribution in [-0.2, 0) is 14.6 Å². The van der Waals surface area contributed by atoms with Gasteiger partial charge in [-0.15, -0.1) is 0 Å². The molecular formula is C23H24ClNO4S. The molecule has 2 aromatic carbocycles. The standard InChI is InChI=1S/C23H24ClNO4S/c24-19-5-9-21(10-6-19)30(28,29)23(13-1-2-14-23)22(27)25-15-11-18(12-16-25)17-3-7-20(26)8-4-17/h3-11,26H,1-2,12-16H2. The Balaban J connectivity index is 1.60. The van der Waals surface area contributed by atoms with Crippen molar-refractivity contribution < 1.29 is 18.3 Å². The van der Waals surface area contributed by atoms with Crippen molar-refractivity contribution in [2.24, 2.45) is 0 Å². The first-order valence-electron chi connectivity index (χ1n) is 10.1. The van der Waals surface area contributed by atoms with Crippen molar-refractivity contribution in [3.8, 4) is 5.75 Å². The summed E-state index contributed by atoms with van der Waals surface area (Å²) in [6.45, 7) is 0.858. The number of nitrogens with zero attached hydrogens (tertiary/aromatic N) is 1. The highest BCUT2D eigenvalue weighted by atomic mass is 35.5. The first-order valence-corrected chi connectivity index (χ1v) is 12.0. The normalized spacial score (nSPS) is 18.8. The zero-order valence-corrected chi connectivity index (χ0v) is 18.1. The van der Waals surface area contributed by atoms with Gasteiger partial charge in [-0.25, -0.2) is 8.42 Å². The van der Waals surface area contributed by atoms with Gasteiger partial charge < -0.3 is 10.0 Å². The Morgan fingerprint density at radius 2 is 1.63 bits per heavy atom. The fourth-order valence-electron chi connectivity index (χ4n) is 4.46.